The van der Waals surface area contributed by atoms with Gasteiger partial charge in [-0.1, -0.05) is 0 Å². The Morgan fingerprint density at radius 1 is 0.911 bits per heavy atom. The third-order valence-corrected chi connectivity index (χ3v) is 8.17. The van der Waals surface area contributed by atoms with Gasteiger partial charge in [0.2, 0.25) is 0 Å². The van der Waals surface area contributed by atoms with Crippen molar-refractivity contribution < 1.29 is 19.2 Å². The van der Waals surface area contributed by atoms with Gasteiger partial charge in [0.1, 0.15) is 5.69 Å². The van der Waals surface area contributed by atoms with Gasteiger partial charge in [-0.2, -0.15) is 0 Å². The second kappa shape index (κ2) is 14.7. The molecule has 0 saturated heterocycles. The Morgan fingerprint density at radius 3 is 2.11 bits per heavy atom. The van der Waals surface area contributed by atoms with Crippen molar-refractivity contribution in [3.05, 3.63) is 84.7 Å². The molecule has 3 heterocycles. The summed E-state index contributed by atoms with van der Waals surface area (Å²) in [5.74, 6) is 0.573. The molecule has 0 radical (unpaired) electrons. The van der Waals surface area contributed by atoms with Gasteiger partial charge in [0, 0.05) is 87.2 Å². The molecule has 0 aliphatic carbocycles. The monoisotopic (exact) mass is 651 g/mol. The number of rotatable bonds is 11. The zero-order chi connectivity index (χ0) is 32.7. The first-order chi connectivity index (χ1) is 21.5. The van der Waals surface area contributed by atoms with Crippen LogP contribution in [0.3, 0.4) is 0 Å². The maximum Gasteiger partial charge on any atom is 0.332 e. The fraction of sp³-hybridized carbons (Fsp3) is 0.233. The minimum absolute atomic E-state index is 0.0117. The van der Waals surface area contributed by atoms with Gasteiger partial charge >= 0.3 is 12.1 Å². The molecular formula is C30H34ClN9O4S. The number of nitrogens with one attached hydrogen (secondary N) is 3. The average Bonchev–Trinajstić information content (AvgIpc) is 3.78. The Kier molecular flexibility index (Phi) is 10.8. The summed E-state index contributed by atoms with van der Waals surface area (Å²) in [5.41, 5.74) is 7.47. The first-order valence-electron chi connectivity index (χ1n) is 13.8. The molecule has 0 aliphatic heterocycles. The number of hydrogen-bond acceptors (Lipinski definition) is 6. The molecule has 0 saturated carbocycles. The smallest absolute Gasteiger partial charge is 0.332 e. The van der Waals surface area contributed by atoms with Gasteiger partial charge in [0.05, 0.1) is 22.9 Å². The zero-order valence-corrected chi connectivity index (χ0v) is 26.6. The minimum Gasteiger partial charge on any atom is -0.388 e. The van der Waals surface area contributed by atoms with Crippen molar-refractivity contribution >= 4 is 70.1 Å². The van der Waals surface area contributed by atoms with Crippen LogP contribution >= 0.6 is 23.4 Å². The van der Waals surface area contributed by atoms with Crippen molar-refractivity contribution in [3.63, 3.8) is 0 Å². The Hall–Kier alpha value is -4.95. The van der Waals surface area contributed by atoms with E-state index in [1.807, 2.05) is 12.1 Å². The largest absolute Gasteiger partial charge is 0.388 e. The molecule has 4 amide bonds. The molecule has 3 aromatic heterocycles. The van der Waals surface area contributed by atoms with Crippen molar-refractivity contribution in [2.45, 2.75) is 11.3 Å². The number of carbonyl (C=O) groups excluding carboxylic acids is 4. The fourth-order valence-corrected chi connectivity index (χ4v) is 5.13. The molecule has 15 heteroatoms. The van der Waals surface area contributed by atoms with Gasteiger partial charge in [-0.15, -0.1) is 23.4 Å². The third kappa shape index (κ3) is 8.37. The number of nitrogens with two attached hydrogens (primary N) is 1. The average molecular weight is 652 g/mol. The van der Waals surface area contributed by atoms with Crippen LogP contribution in [-0.2, 0) is 7.05 Å². The highest BCUT2D eigenvalue weighted by Crippen LogP contribution is 2.22. The van der Waals surface area contributed by atoms with Crippen molar-refractivity contribution in [1.29, 1.82) is 5.41 Å². The summed E-state index contributed by atoms with van der Waals surface area (Å²) in [7, 11) is 4.86. The zero-order valence-electron chi connectivity index (χ0n) is 25.0. The molecule has 0 fully saturated rings. The molecule has 5 N–H and O–H groups in total. The molecule has 236 valence electrons. The van der Waals surface area contributed by atoms with Crippen molar-refractivity contribution in [3.8, 4) is 0 Å². The maximum absolute atomic E-state index is 13.2. The molecule has 0 atom stereocenters. The Bertz CT molecular complexity index is 1710. The maximum atomic E-state index is 13.2. The van der Waals surface area contributed by atoms with Crippen LogP contribution in [0.25, 0.3) is 0 Å². The molecule has 1 aromatic carbocycles. The first kappa shape index (κ1) is 33.0. The number of halogens is 1. The molecule has 13 nitrogen and oxygen atoms in total. The highest BCUT2D eigenvalue weighted by molar-refractivity contribution is 7.99. The van der Waals surface area contributed by atoms with Gasteiger partial charge in [-0.25, -0.2) is 9.59 Å². The summed E-state index contributed by atoms with van der Waals surface area (Å²) < 4.78 is 4.25. The van der Waals surface area contributed by atoms with Crippen LogP contribution in [0.5, 0.6) is 0 Å². The number of amidine groups is 1. The van der Waals surface area contributed by atoms with E-state index in [2.05, 4.69) is 10.6 Å². The standard InChI is InChI=1S/C30H34ClN9O4S/c1-36(12-10-26(32)33)29(43)39-13-8-22(17-39)35-28(42)25-16-23(19-37(25)2)38(3)30(44)40-14-9-21(18-40)34-27(41)20-4-6-24(7-5-20)45-15-11-31/h4-9,13-14,16-19H,10-12,15H2,1-3H3,(H3,32,33)(H,34,41)(H,35,42). The van der Waals surface area contributed by atoms with Gasteiger partial charge in [0.25, 0.3) is 11.8 Å². The number of amides is 4. The lowest BCUT2D eigenvalue weighted by atomic mass is 10.2. The number of hydrogen-bond donors (Lipinski definition) is 4. The Balaban J connectivity index is 1.36. The number of thioether (sulfide) groups is 1. The second-order valence-electron chi connectivity index (χ2n) is 10.1. The SMILES string of the molecule is CN(CCC(=N)N)C(=O)n1ccc(NC(=O)c2cc(N(C)C(=O)n3ccc(NC(=O)c4ccc(SCCCl)cc4)c3)cn2C)c1. The van der Waals surface area contributed by atoms with Crippen molar-refractivity contribution in [1.82, 2.24) is 18.6 Å². The lowest BCUT2D eigenvalue weighted by Gasteiger charge is -2.16. The first-order valence-corrected chi connectivity index (χ1v) is 15.3. The van der Waals surface area contributed by atoms with Gasteiger partial charge < -0.3 is 25.8 Å². The number of alkyl halides is 1. The highest BCUT2D eigenvalue weighted by Gasteiger charge is 2.20. The lowest BCUT2D eigenvalue weighted by molar-refractivity contribution is 0.101. The van der Waals surface area contributed by atoms with E-state index in [-0.39, 0.29) is 36.4 Å². The number of aryl methyl sites for hydroxylation is 1. The van der Waals surface area contributed by atoms with Crippen LogP contribution in [0, 0.1) is 5.41 Å². The summed E-state index contributed by atoms with van der Waals surface area (Å²) in [6, 6.07) is 11.2. The highest BCUT2D eigenvalue weighted by atomic mass is 35.5. The van der Waals surface area contributed by atoms with Crippen molar-refractivity contribution in [2.75, 3.05) is 47.8 Å². The van der Waals surface area contributed by atoms with E-state index >= 15 is 0 Å². The van der Waals surface area contributed by atoms with Gasteiger partial charge in [0.15, 0.2) is 0 Å². The molecule has 0 aliphatic rings. The normalized spacial score (nSPS) is 10.8. The van der Waals surface area contributed by atoms with E-state index < -0.39 is 11.9 Å². The molecule has 0 bridgehead atoms. The van der Waals surface area contributed by atoms with Gasteiger partial charge in [-0.3, -0.25) is 29.0 Å². The van der Waals surface area contributed by atoms with E-state index in [0.29, 0.717) is 28.5 Å². The number of carbonyl (C=O) groups is 4. The number of benzene rings is 1. The molecule has 4 aromatic rings. The summed E-state index contributed by atoms with van der Waals surface area (Å²) in [6.07, 6.45) is 7.98. The third-order valence-electron chi connectivity index (χ3n) is 6.75. The van der Waals surface area contributed by atoms with E-state index in [1.54, 1.807) is 80.2 Å². The molecular weight excluding hydrogens is 618 g/mol. The second-order valence-corrected chi connectivity index (χ2v) is 11.6. The predicted octanol–water partition coefficient (Wildman–Crippen LogP) is 4.79. The van der Waals surface area contributed by atoms with Crippen LogP contribution in [0.15, 0.2) is 78.3 Å². The van der Waals surface area contributed by atoms with E-state index in [9.17, 15) is 19.2 Å². The topological polar surface area (TPSA) is 163 Å². The van der Waals surface area contributed by atoms with Crippen LogP contribution in [0.2, 0.25) is 0 Å². The molecule has 4 rings (SSSR count). The van der Waals surface area contributed by atoms with Crippen LogP contribution < -0.4 is 21.3 Å². The quantitative estimate of drug-likeness (QED) is 0.0788. The summed E-state index contributed by atoms with van der Waals surface area (Å²) in [5, 5.41) is 12.9. The summed E-state index contributed by atoms with van der Waals surface area (Å²) in [6.45, 7) is 0.287. The van der Waals surface area contributed by atoms with E-state index in [1.165, 1.54) is 37.5 Å². The number of aromatic nitrogens is 3. The Morgan fingerprint density at radius 2 is 1.51 bits per heavy atom. The minimum atomic E-state index is -0.434. The Labute approximate surface area is 269 Å². The van der Waals surface area contributed by atoms with Crippen LogP contribution in [0.4, 0.5) is 26.7 Å². The molecule has 0 spiro atoms. The summed E-state index contributed by atoms with van der Waals surface area (Å²) in [4.78, 5) is 55.4. The lowest BCUT2D eigenvalue weighted by Crippen LogP contribution is -2.33. The number of anilines is 3. The fourth-order valence-electron chi connectivity index (χ4n) is 4.26. The van der Waals surface area contributed by atoms with Crippen LogP contribution in [-0.4, -0.2) is 80.6 Å². The number of nitrogens with zero attached hydrogens (tertiary/aromatic N) is 5. The van der Waals surface area contributed by atoms with E-state index in [0.717, 1.165) is 10.6 Å². The van der Waals surface area contributed by atoms with Crippen molar-refractivity contribution in [2.24, 2.45) is 12.8 Å². The summed E-state index contributed by atoms with van der Waals surface area (Å²) >= 11 is 7.34. The molecule has 45 heavy (non-hydrogen) atoms. The van der Waals surface area contributed by atoms with Crippen LogP contribution in [0.1, 0.15) is 27.3 Å². The van der Waals surface area contributed by atoms with Gasteiger partial charge in [-0.05, 0) is 42.5 Å². The predicted molar refractivity (Wildman–Crippen MR) is 177 cm³/mol. The van der Waals surface area contributed by atoms with E-state index in [4.69, 9.17) is 22.7 Å². The molecule has 0 unspecified atom stereocenters.